The third kappa shape index (κ3) is 22.9. The van der Waals surface area contributed by atoms with Gasteiger partial charge in [0.15, 0.2) is 0 Å². The van der Waals surface area contributed by atoms with Gasteiger partial charge in [-0.2, -0.15) is 0 Å². The van der Waals surface area contributed by atoms with E-state index in [0.717, 1.165) is 57.8 Å². The molecule has 0 heterocycles. The number of carboxylic acid groups (broad SMARTS) is 1. The Morgan fingerprint density at radius 2 is 1.35 bits per heavy atom. The van der Waals surface area contributed by atoms with Gasteiger partial charge in [-0.25, -0.2) is 0 Å². The number of rotatable bonds is 22. The summed E-state index contributed by atoms with van der Waals surface area (Å²) < 4.78 is 5.73. The molecule has 0 rings (SSSR count). The van der Waals surface area contributed by atoms with E-state index in [1.807, 2.05) is 6.08 Å². The Morgan fingerprint density at radius 1 is 0.742 bits per heavy atom. The van der Waals surface area contributed by atoms with E-state index in [9.17, 15) is 9.59 Å². The minimum atomic E-state index is -0.730. The maximum absolute atomic E-state index is 12.2. The van der Waals surface area contributed by atoms with Crippen LogP contribution in [0, 0.1) is 0 Å². The zero-order valence-corrected chi connectivity index (χ0v) is 20.3. The van der Waals surface area contributed by atoms with Crippen molar-refractivity contribution in [1.82, 2.24) is 0 Å². The van der Waals surface area contributed by atoms with Crippen molar-refractivity contribution < 1.29 is 19.4 Å². The molecule has 0 aromatic carbocycles. The standard InChI is InChI=1S/C27H48O4/c1-3-5-7-9-10-11-12-14-17-21-25(22-18-15-16-19-23-26(28)29)31-27(30)24-20-13-8-6-4-2/h11-12,17,21,25H,3-10,13-16,18-20,22-24H2,1-2H3,(H,28,29)/b12-11-,21-17-. The minimum Gasteiger partial charge on any atom is -0.481 e. The van der Waals surface area contributed by atoms with Gasteiger partial charge in [-0.1, -0.05) is 89.9 Å². The molecule has 0 spiro atoms. The molecule has 0 aromatic heterocycles. The van der Waals surface area contributed by atoms with Crippen LogP contribution in [0.25, 0.3) is 0 Å². The Morgan fingerprint density at radius 3 is 2.03 bits per heavy atom. The summed E-state index contributed by atoms with van der Waals surface area (Å²) in [7, 11) is 0. The van der Waals surface area contributed by atoms with Crippen LogP contribution in [0.4, 0.5) is 0 Å². The molecule has 0 saturated heterocycles. The molecule has 31 heavy (non-hydrogen) atoms. The van der Waals surface area contributed by atoms with Crippen molar-refractivity contribution >= 4 is 11.9 Å². The predicted molar refractivity (Wildman–Crippen MR) is 130 cm³/mol. The topological polar surface area (TPSA) is 63.6 Å². The number of esters is 1. The summed E-state index contributed by atoms with van der Waals surface area (Å²) in [5, 5.41) is 8.72. The highest BCUT2D eigenvalue weighted by atomic mass is 16.5. The maximum atomic E-state index is 12.2. The fourth-order valence-electron chi connectivity index (χ4n) is 3.48. The molecule has 0 aliphatic carbocycles. The summed E-state index contributed by atoms with van der Waals surface area (Å²) in [6.45, 7) is 4.42. The van der Waals surface area contributed by atoms with Crippen LogP contribution in [-0.4, -0.2) is 23.1 Å². The lowest BCUT2D eigenvalue weighted by Gasteiger charge is -2.14. The molecular formula is C27H48O4. The molecule has 4 nitrogen and oxygen atoms in total. The number of hydrogen-bond donors (Lipinski definition) is 1. The molecule has 0 amide bonds. The number of ether oxygens (including phenoxy) is 1. The van der Waals surface area contributed by atoms with Crippen molar-refractivity contribution in [2.75, 3.05) is 0 Å². The first kappa shape index (κ1) is 29.4. The third-order valence-electron chi connectivity index (χ3n) is 5.41. The maximum Gasteiger partial charge on any atom is 0.306 e. The van der Waals surface area contributed by atoms with Gasteiger partial charge in [-0.05, 0) is 51.0 Å². The Bertz CT molecular complexity index is 482. The van der Waals surface area contributed by atoms with Gasteiger partial charge in [-0.15, -0.1) is 0 Å². The molecule has 180 valence electrons. The van der Waals surface area contributed by atoms with Crippen LogP contribution >= 0.6 is 0 Å². The number of hydrogen-bond acceptors (Lipinski definition) is 3. The van der Waals surface area contributed by atoms with Gasteiger partial charge in [0.2, 0.25) is 0 Å². The predicted octanol–water partition coefficient (Wildman–Crippen LogP) is 8.16. The molecule has 0 bridgehead atoms. The van der Waals surface area contributed by atoms with Crippen LogP contribution in [-0.2, 0) is 14.3 Å². The summed E-state index contributed by atoms with van der Waals surface area (Å²) in [5.41, 5.74) is 0. The van der Waals surface area contributed by atoms with E-state index < -0.39 is 5.97 Å². The largest absolute Gasteiger partial charge is 0.481 e. The molecule has 1 atom stereocenters. The molecule has 0 saturated carbocycles. The second kappa shape index (κ2) is 23.1. The van der Waals surface area contributed by atoms with Crippen LogP contribution in [0.2, 0.25) is 0 Å². The second-order valence-corrected chi connectivity index (χ2v) is 8.52. The van der Waals surface area contributed by atoms with E-state index in [1.165, 1.54) is 44.9 Å². The van der Waals surface area contributed by atoms with Gasteiger partial charge < -0.3 is 9.84 Å². The highest BCUT2D eigenvalue weighted by Crippen LogP contribution is 2.14. The third-order valence-corrected chi connectivity index (χ3v) is 5.41. The van der Waals surface area contributed by atoms with Crippen molar-refractivity contribution in [2.24, 2.45) is 0 Å². The molecule has 0 aromatic rings. The number of allylic oxidation sites excluding steroid dienone is 3. The summed E-state index contributed by atoms with van der Waals surface area (Å²) in [4.78, 5) is 22.8. The number of aliphatic carboxylic acids is 1. The van der Waals surface area contributed by atoms with Gasteiger partial charge in [0, 0.05) is 12.8 Å². The number of carboxylic acids is 1. The monoisotopic (exact) mass is 436 g/mol. The minimum absolute atomic E-state index is 0.0940. The summed E-state index contributed by atoms with van der Waals surface area (Å²) in [6, 6.07) is 0. The Kier molecular flexibility index (Phi) is 21.9. The first-order chi connectivity index (χ1) is 15.1. The average molecular weight is 437 g/mol. The quantitative estimate of drug-likeness (QED) is 0.106. The second-order valence-electron chi connectivity index (χ2n) is 8.52. The Hall–Kier alpha value is -1.58. The molecule has 0 radical (unpaired) electrons. The van der Waals surface area contributed by atoms with E-state index in [1.54, 1.807) is 0 Å². The first-order valence-corrected chi connectivity index (χ1v) is 12.8. The average Bonchev–Trinajstić information content (AvgIpc) is 2.74. The molecule has 0 aliphatic rings. The van der Waals surface area contributed by atoms with Gasteiger partial charge in [0.05, 0.1) is 0 Å². The fourth-order valence-corrected chi connectivity index (χ4v) is 3.48. The molecule has 1 N–H and O–H groups in total. The molecule has 1 unspecified atom stereocenters. The van der Waals surface area contributed by atoms with Crippen LogP contribution < -0.4 is 0 Å². The fraction of sp³-hybridized carbons (Fsp3) is 0.778. The highest BCUT2D eigenvalue weighted by molar-refractivity contribution is 5.69. The van der Waals surface area contributed by atoms with E-state index in [-0.39, 0.29) is 18.5 Å². The number of carbonyl (C=O) groups is 2. The van der Waals surface area contributed by atoms with Crippen LogP contribution in [0.5, 0.6) is 0 Å². The zero-order valence-electron chi connectivity index (χ0n) is 20.3. The first-order valence-electron chi connectivity index (χ1n) is 12.8. The van der Waals surface area contributed by atoms with Crippen molar-refractivity contribution in [2.45, 2.75) is 136 Å². The number of carbonyl (C=O) groups excluding carboxylic acids is 1. The van der Waals surface area contributed by atoms with E-state index in [4.69, 9.17) is 9.84 Å². The lowest BCUT2D eigenvalue weighted by atomic mass is 10.1. The normalized spacial score (nSPS) is 12.6. The SMILES string of the molecule is CCCCCC/C=C\C/C=C\C(CCCCCCC(=O)O)OC(=O)CCCCCCC. The van der Waals surface area contributed by atoms with Crippen molar-refractivity contribution in [3.05, 3.63) is 24.3 Å². The molecule has 4 heteroatoms. The highest BCUT2D eigenvalue weighted by Gasteiger charge is 2.11. The summed E-state index contributed by atoms with van der Waals surface area (Å²) in [6.07, 6.45) is 26.3. The van der Waals surface area contributed by atoms with E-state index in [2.05, 4.69) is 32.1 Å². The molecular weight excluding hydrogens is 388 g/mol. The van der Waals surface area contributed by atoms with Crippen LogP contribution in [0.15, 0.2) is 24.3 Å². The lowest BCUT2D eigenvalue weighted by Crippen LogP contribution is -2.16. The van der Waals surface area contributed by atoms with Crippen LogP contribution in [0.3, 0.4) is 0 Å². The summed E-state index contributed by atoms with van der Waals surface area (Å²) in [5.74, 6) is -0.824. The number of unbranched alkanes of at least 4 members (excludes halogenated alkanes) is 11. The lowest BCUT2D eigenvalue weighted by molar-refractivity contribution is -0.147. The van der Waals surface area contributed by atoms with Crippen molar-refractivity contribution in [3.63, 3.8) is 0 Å². The Labute approximate surface area is 191 Å². The van der Waals surface area contributed by atoms with E-state index >= 15 is 0 Å². The van der Waals surface area contributed by atoms with Crippen LogP contribution in [0.1, 0.15) is 129 Å². The van der Waals surface area contributed by atoms with Gasteiger partial charge in [0.25, 0.3) is 0 Å². The van der Waals surface area contributed by atoms with Gasteiger partial charge >= 0.3 is 11.9 Å². The molecule has 0 aliphatic heterocycles. The van der Waals surface area contributed by atoms with Crippen molar-refractivity contribution in [3.8, 4) is 0 Å². The zero-order chi connectivity index (χ0) is 23.0. The smallest absolute Gasteiger partial charge is 0.306 e. The van der Waals surface area contributed by atoms with E-state index in [0.29, 0.717) is 6.42 Å². The van der Waals surface area contributed by atoms with Gasteiger partial charge in [-0.3, -0.25) is 9.59 Å². The van der Waals surface area contributed by atoms with Gasteiger partial charge in [0.1, 0.15) is 6.10 Å². The molecule has 0 fully saturated rings. The van der Waals surface area contributed by atoms with Crippen molar-refractivity contribution in [1.29, 1.82) is 0 Å². The summed E-state index contributed by atoms with van der Waals surface area (Å²) >= 11 is 0. The Balaban J connectivity index is 4.26.